The van der Waals surface area contributed by atoms with Crippen LogP contribution in [0.4, 0.5) is 14.6 Å². The molecule has 110 valence electrons. The molecule has 0 unspecified atom stereocenters. The third-order valence-corrected chi connectivity index (χ3v) is 3.21. The van der Waals surface area contributed by atoms with Gasteiger partial charge in [-0.05, 0) is 0 Å². The normalized spacial score (nSPS) is 15.5. The second kappa shape index (κ2) is 6.04. The van der Waals surface area contributed by atoms with E-state index in [0.717, 1.165) is 6.33 Å². The smallest absolute Gasteiger partial charge is 0.281 e. The highest BCUT2D eigenvalue weighted by Crippen LogP contribution is 2.28. The number of hydrogen-bond acceptors (Lipinski definition) is 6. The highest BCUT2D eigenvalue weighted by Gasteiger charge is 2.19. The Hall–Kier alpha value is -2.22. The summed E-state index contributed by atoms with van der Waals surface area (Å²) in [6.45, 7) is 2.67. The van der Waals surface area contributed by atoms with Gasteiger partial charge >= 0.3 is 0 Å². The molecule has 2 aromatic heterocycles. The number of anilines is 1. The summed E-state index contributed by atoms with van der Waals surface area (Å²) in [4.78, 5) is 17.7. The molecule has 3 heterocycles. The van der Waals surface area contributed by atoms with Crippen LogP contribution in [0.2, 0.25) is 0 Å². The van der Waals surface area contributed by atoms with Gasteiger partial charge in [-0.25, -0.2) is 28.7 Å². The molecule has 1 aliphatic rings. The fraction of sp³-hybridized carbons (Fsp3) is 0.385. The van der Waals surface area contributed by atoms with Gasteiger partial charge in [0.1, 0.15) is 24.2 Å². The monoisotopic (exact) mass is 293 g/mol. The van der Waals surface area contributed by atoms with Gasteiger partial charge in [0.2, 0.25) is 0 Å². The molecule has 2 aromatic rings. The zero-order valence-electron chi connectivity index (χ0n) is 11.1. The lowest BCUT2D eigenvalue weighted by atomic mass is 10.1. The molecular weight excluding hydrogens is 280 g/mol. The summed E-state index contributed by atoms with van der Waals surface area (Å²) in [6, 6.07) is 1.68. The maximum absolute atomic E-state index is 13.0. The van der Waals surface area contributed by atoms with Crippen molar-refractivity contribution < 1.29 is 13.5 Å². The second-order valence-corrected chi connectivity index (χ2v) is 4.48. The van der Waals surface area contributed by atoms with E-state index in [-0.39, 0.29) is 11.3 Å². The van der Waals surface area contributed by atoms with Crippen LogP contribution in [-0.2, 0) is 4.74 Å². The largest absolute Gasteiger partial charge is 0.378 e. The molecule has 0 aromatic carbocycles. The minimum atomic E-state index is -2.68. The average molecular weight is 293 g/mol. The number of halogens is 2. The summed E-state index contributed by atoms with van der Waals surface area (Å²) >= 11 is 0. The zero-order chi connectivity index (χ0) is 14.7. The molecule has 0 atom stereocenters. The molecular formula is C13H13F2N5O. The molecule has 0 amide bonds. The molecule has 0 N–H and O–H groups in total. The number of aromatic nitrogens is 4. The number of ether oxygens (including phenoxy) is 1. The zero-order valence-corrected chi connectivity index (χ0v) is 11.1. The molecule has 1 aliphatic heterocycles. The van der Waals surface area contributed by atoms with E-state index in [2.05, 4.69) is 19.9 Å². The van der Waals surface area contributed by atoms with Crippen LogP contribution < -0.4 is 4.90 Å². The Morgan fingerprint density at radius 2 is 1.90 bits per heavy atom. The minimum absolute atomic E-state index is 0.226. The van der Waals surface area contributed by atoms with E-state index in [0.29, 0.717) is 37.8 Å². The van der Waals surface area contributed by atoms with E-state index in [9.17, 15) is 8.78 Å². The Balaban J connectivity index is 1.96. The molecule has 0 bridgehead atoms. The van der Waals surface area contributed by atoms with Crippen LogP contribution >= 0.6 is 0 Å². The van der Waals surface area contributed by atoms with Crippen molar-refractivity contribution in [1.29, 1.82) is 0 Å². The Bertz CT molecular complexity index is 619. The van der Waals surface area contributed by atoms with Crippen molar-refractivity contribution in [2.75, 3.05) is 31.2 Å². The van der Waals surface area contributed by atoms with Crippen LogP contribution in [0.3, 0.4) is 0 Å². The number of rotatable bonds is 3. The second-order valence-electron chi connectivity index (χ2n) is 4.48. The predicted molar refractivity (Wildman–Crippen MR) is 71.0 cm³/mol. The Morgan fingerprint density at radius 1 is 1.10 bits per heavy atom. The van der Waals surface area contributed by atoms with Gasteiger partial charge in [0.25, 0.3) is 6.43 Å². The highest BCUT2D eigenvalue weighted by molar-refractivity contribution is 5.64. The van der Waals surface area contributed by atoms with E-state index >= 15 is 0 Å². The number of morpholine rings is 1. The summed E-state index contributed by atoms with van der Waals surface area (Å²) in [5, 5.41) is 0. The molecule has 6 nitrogen and oxygen atoms in total. The Kier molecular flexibility index (Phi) is 3.96. The number of alkyl halides is 2. The van der Waals surface area contributed by atoms with Gasteiger partial charge in [0, 0.05) is 30.9 Å². The van der Waals surface area contributed by atoms with E-state index in [4.69, 9.17) is 4.74 Å². The van der Waals surface area contributed by atoms with Crippen LogP contribution in [0, 0.1) is 0 Å². The standard InChI is InChI=1S/C13H13F2N5O/c14-13(15)12-9(6-16-7-19-12)10-5-11(18-8-17-10)20-1-3-21-4-2-20/h5-8,13H,1-4H2. The maximum Gasteiger partial charge on any atom is 0.281 e. The first-order valence-electron chi connectivity index (χ1n) is 6.49. The summed E-state index contributed by atoms with van der Waals surface area (Å²) in [6.07, 6.45) is 1.14. The maximum atomic E-state index is 13.0. The predicted octanol–water partition coefficient (Wildman–Crippen LogP) is 1.71. The van der Waals surface area contributed by atoms with E-state index < -0.39 is 6.43 Å². The van der Waals surface area contributed by atoms with Crippen LogP contribution in [0.1, 0.15) is 12.1 Å². The van der Waals surface area contributed by atoms with Gasteiger partial charge in [0.15, 0.2) is 0 Å². The van der Waals surface area contributed by atoms with Crippen molar-refractivity contribution in [3.63, 3.8) is 0 Å². The van der Waals surface area contributed by atoms with Gasteiger partial charge in [0.05, 0.1) is 18.9 Å². The Labute approximate surface area is 119 Å². The van der Waals surface area contributed by atoms with Crippen molar-refractivity contribution in [3.05, 3.63) is 30.6 Å². The van der Waals surface area contributed by atoms with Crippen molar-refractivity contribution in [3.8, 4) is 11.3 Å². The topological polar surface area (TPSA) is 64.0 Å². The first-order valence-corrected chi connectivity index (χ1v) is 6.49. The molecule has 0 spiro atoms. The van der Waals surface area contributed by atoms with Crippen molar-refractivity contribution in [2.45, 2.75) is 6.43 Å². The fourth-order valence-corrected chi connectivity index (χ4v) is 2.17. The van der Waals surface area contributed by atoms with E-state index in [1.165, 1.54) is 12.5 Å². The van der Waals surface area contributed by atoms with Crippen LogP contribution in [0.25, 0.3) is 11.3 Å². The third kappa shape index (κ3) is 2.94. The molecule has 8 heteroatoms. The molecule has 1 saturated heterocycles. The molecule has 0 radical (unpaired) electrons. The van der Waals surface area contributed by atoms with Crippen molar-refractivity contribution in [1.82, 2.24) is 19.9 Å². The molecule has 1 fully saturated rings. The van der Waals surface area contributed by atoms with Gasteiger partial charge in [-0.2, -0.15) is 0 Å². The molecule has 0 aliphatic carbocycles. The quantitative estimate of drug-likeness (QED) is 0.858. The SMILES string of the molecule is FC(F)c1ncncc1-c1cc(N2CCOCC2)ncn1. The van der Waals surface area contributed by atoms with Gasteiger partial charge < -0.3 is 9.64 Å². The average Bonchev–Trinajstić information content (AvgIpc) is 2.56. The first kappa shape index (κ1) is 13.7. The fourth-order valence-electron chi connectivity index (χ4n) is 2.17. The lowest BCUT2D eigenvalue weighted by Gasteiger charge is -2.27. The lowest BCUT2D eigenvalue weighted by molar-refractivity contribution is 0.122. The van der Waals surface area contributed by atoms with Gasteiger partial charge in [-0.3, -0.25) is 0 Å². The van der Waals surface area contributed by atoms with Crippen LogP contribution in [-0.4, -0.2) is 46.2 Å². The van der Waals surface area contributed by atoms with E-state index in [1.54, 1.807) is 6.07 Å². The van der Waals surface area contributed by atoms with Crippen molar-refractivity contribution in [2.24, 2.45) is 0 Å². The summed E-state index contributed by atoms with van der Waals surface area (Å²) in [5.41, 5.74) is 0.295. The summed E-state index contributed by atoms with van der Waals surface area (Å²) in [7, 11) is 0. The van der Waals surface area contributed by atoms with Gasteiger partial charge in [-0.15, -0.1) is 0 Å². The lowest BCUT2D eigenvalue weighted by Crippen LogP contribution is -2.36. The van der Waals surface area contributed by atoms with Crippen LogP contribution in [0.5, 0.6) is 0 Å². The third-order valence-electron chi connectivity index (χ3n) is 3.21. The van der Waals surface area contributed by atoms with Crippen molar-refractivity contribution >= 4 is 5.82 Å². The minimum Gasteiger partial charge on any atom is -0.378 e. The number of nitrogens with zero attached hydrogens (tertiary/aromatic N) is 5. The number of hydrogen-bond donors (Lipinski definition) is 0. The highest BCUT2D eigenvalue weighted by atomic mass is 19.3. The van der Waals surface area contributed by atoms with Crippen LogP contribution in [0.15, 0.2) is 24.9 Å². The summed E-state index contributed by atoms with van der Waals surface area (Å²) < 4.78 is 31.3. The van der Waals surface area contributed by atoms with E-state index in [1.807, 2.05) is 4.90 Å². The first-order chi connectivity index (χ1) is 10.3. The Morgan fingerprint density at radius 3 is 2.67 bits per heavy atom. The van der Waals surface area contributed by atoms with Gasteiger partial charge in [-0.1, -0.05) is 0 Å². The summed E-state index contributed by atoms with van der Waals surface area (Å²) in [5.74, 6) is 0.687. The molecule has 3 rings (SSSR count). The molecule has 0 saturated carbocycles. The molecule has 21 heavy (non-hydrogen) atoms.